The molecular formula is C19H23N7O. The van der Waals surface area contributed by atoms with E-state index in [4.69, 9.17) is 9.84 Å². The van der Waals surface area contributed by atoms with Crippen LogP contribution in [0, 0.1) is 6.92 Å². The lowest BCUT2D eigenvalue weighted by Gasteiger charge is -2.12. The summed E-state index contributed by atoms with van der Waals surface area (Å²) in [6.07, 6.45) is 4.10. The van der Waals surface area contributed by atoms with Crippen LogP contribution in [0.1, 0.15) is 17.8 Å². The maximum absolute atomic E-state index is 5.54. The van der Waals surface area contributed by atoms with Crippen molar-refractivity contribution in [3.8, 4) is 11.4 Å². The Labute approximate surface area is 158 Å². The van der Waals surface area contributed by atoms with E-state index in [9.17, 15) is 0 Å². The van der Waals surface area contributed by atoms with Crippen LogP contribution >= 0.6 is 0 Å². The molecule has 8 heteroatoms. The molecule has 0 unspecified atom stereocenters. The van der Waals surface area contributed by atoms with E-state index in [1.165, 1.54) is 0 Å². The summed E-state index contributed by atoms with van der Waals surface area (Å²) in [6, 6.07) is 7.74. The first-order valence-electron chi connectivity index (χ1n) is 8.97. The Balaban J connectivity index is 1.69. The van der Waals surface area contributed by atoms with Gasteiger partial charge < -0.3 is 20.7 Å². The number of rotatable bonds is 5. The molecule has 3 heterocycles. The largest absolute Gasteiger partial charge is 0.494 e. The molecule has 1 aliphatic rings. The summed E-state index contributed by atoms with van der Waals surface area (Å²) in [4.78, 5) is 8.90. The van der Waals surface area contributed by atoms with E-state index in [0.717, 1.165) is 59.4 Å². The van der Waals surface area contributed by atoms with Crippen molar-refractivity contribution in [3.63, 3.8) is 0 Å². The molecule has 140 valence electrons. The number of methoxy groups -OCH3 is 1. The molecular weight excluding hydrogens is 342 g/mol. The minimum Gasteiger partial charge on any atom is -0.494 e. The first-order valence-corrected chi connectivity index (χ1v) is 8.97. The van der Waals surface area contributed by atoms with Crippen molar-refractivity contribution in [1.82, 2.24) is 19.7 Å². The molecule has 1 aromatic carbocycles. The maximum atomic E-state index is 5.54. The molecule has 0 fully saturated rings. The van der Waals surface area contributed by atoms with E-state index in [-0.39, 0.29) is 0 Å². The first-order chi connectivity index (χ1) is 13.2. The van der Waals surface area contributed by atoms with Crippen molar-refractivity contribution in [2.75, 3.05) is 36.7 Å². The molecule has 1 aliphatic heterocycles. The third kappa shape index (κ3) is 3.51. The summed E-state index contributed by atoms with van der Waals surface area (Å²) in [7, 11) is 3.50. The van der Waals surface area contributed by atoms with Crippen LogP contribution in [0.2, 0.25) is 0 Å². The van der Waals surface area contributed by atoms with E-state index in [2.05, 4.69) is 25.9 Å². The van der Waals surface area contributed by atoms with Crippen molar-refractivity contribution < 1.29 is 4.74 Å². The van der Waals surface area contributed by atoms with Gasteiger partial charge in [-0.15, -0.1) is 0 Å². The minimum absolute atomic E-state index is 0.539. The Bertz CT molecular complexity index is 943. The predicted molar refractivity (Wildman–Crippen MR) is 107 cm³/mol. The van der Waals surface area contributed by atoms with Crippen LogP contribution < -0.4 is 20.7 Å². The summed E-state index contributed by atoms with van der Waals surface area (Å²) in [5.41, 5.74) is 4.78. The van der Waals surface area contributed by atoms with Gasteiger partial charge in [0.05, 0.1) is 24.7 Å². The lowest BCUT2D eigenvalue weighted by atomic mass is 10.1. The van der Waals surface area contributed by atoms with Crippen molar-refractivity contribution in [3.05, 3.63) is 41.9 Å². The number of fused-ring (bicyclic) bond motifs is 1. The van der Waals surface area contributed by atoms with Crippen LogP contribution in [0.5, 0.6) is 5.75 Å². The fourth-order valence-corrected chi connectivity index (χ4v) is 3.17. The van der Waals surface area contributed by atoms with Crippen LogP contribution in [0.25, 0.3) is 5.69 Å². The average Bonchev–Trinajstić information content (AvgIpc) is 3.11. The Hall–Kier alpha value is -3.29. The highest BCUT2D eigenvalue weighted by atomic mass is 16.5. The average molecular weight is 365 g/mol. The van der Waals surface area contributed by atoms with Gasteiger partial charge in [-0.1, -0.05) is 0 Å². The molecule has 2 aromatic heterocycles. The number of hydrogen-bond acceptors (Lipinski definition) is 7. The van der Waals surface area contributed by atoms with Crippen LogP contribution in [0.3, 0.4) is 0 Å². The normalized spacial score (nSPS) is 12.9. The SMILES string of the molecule is CNc1cc(C)nc(Nc2ccc(OC)c(-n3cc4c(n3)CCCN4)c2)n1. The van der Waals surface area contributed by atoms with Gasteiger partial charge >= 0.3 is 0 Å². The molecule has 3 aromatic rings. The highest BCUT2D eigenvalue weighted by molar-refractivity contribution is 5.64. The fourth-order valence-electron chi connectivity index (χ4n) is 3.17. The summed E-state index contributed by atoms with van der Waals surface area (Å²) in [5, 5.41) is 14.4. The van der Waals surface area contributed by atoms with Gasteiger partial charge in [0, 0.05) is 31.0 Å². The number of hydrogen-bond donors (Lipinski definition) is 3. The standard InChI is InChI=1S/C19H23N7O/c1-12-9-18(20-2)24-19(22-12)23-13-6-7-17(27-3)16(10-13)26-11-15-14(25-26)5-4-8-21-15/h6-7,9-11,21H,4-5,8H2,1-3H3,(H2,20,22,23,24). The molecule has 0 aliphatic carbocycles. The Morgan fingerprint density at radius 1 is 1.22 bits per heavy atom. The Morgan fingerprint density at radius 3 is 2.89 bits per heavy atom. The van der Waals surface area contributed by atoms with Gasteiger partial charge in [-0.3, -0.25) is 0 Å². The maximum Gasteiger partial charge on any atom is 0.229 e. The van der Waals surface area contributed by atoms with Crippen LogP contribution in [-0.2, 0) is 6.42 Å². The van der Waals surface area contributed by atoms with Crippen LogP contribution in [0.4, 0.5) is 23.1 Å². The molecule has 0 radical (unpaired) electrons. The van der Waals surface area contributed by atoms with Crippen molar-refractivity contribution in [1.29, 1.82) is 0 Å². The lowest BCUT2D eigenvalue weighted by molar-refractivity contribution is 0.411. The molecule has 0 atom stereocenters. The third-order valence-electron chi connectivity index (χ3n) is 4.49. The summed E-state index contributed by atoms with van der Waals surface area (Å²) in [6.45, 7) is 2.92. The molecule has 0 saturated carbocycles. The Morgan fingerprint density at radius 2 is 2.11 bits per heavy atom. The summed E-state index contributed by atoms with van der Waals surface area (Å²) >= 11 is 0. The summed E-state index contributed by atoms with van der Waals surface area (Å²) < 4.78 is 7.41. The second-order valence-electron chi connectivity index (χ2n) is 6.44. The molecule has 4 rings (SSSR count). The number of benzene rings is 1. The fraction of sp³-hybridized carbons (Fsp3) is 0.316. The van der Waals surface area contributed by atoms with E-state index in [1.54, 1.807) is 7.11 Å². The number of aromatic nitrogens is 4. The second kappa shape index (κ2) is 7.14. The van der Waals surface area contributed by atoms with E-state index in [0.29, 0.717) is 5.95 Å². The van der Waals surface area contributed by atoms with Crippen molar-refractivity contribution in [2.24, 2.45) is 0 Å². The first kappa shape index (κ1) is 17.1. The zero-order chi connectivity index (χ0) is 18.8. The number of nitrogens with zero attached hydrogens (tertiary/aromatic N) is 4. The number of anilines is 4. The zero-order valence-corrected chi connectivity index (χ0v) is 15.7. The van der Waals surface area contributed by atoms with Crippen LogP contribution in [0.15, 0.2) is 30.5 Å². The smallest absolute Gasteiger partial charge is 0.229 e. The quantitative estimate of drug-likeness (QED) is 0.640. The van der Waals surface area contributed by atoms with Gasteiger partial charge in [-0.25, -0.2) is 9.67 Å². The van der Waals surface area contributed by atoms with Gasteiger partial charge in [-0.2, -0.15) is 10.1 Å². The molecule has 0 spiro atoms. The zero-order valence-electron chi connectivity index (χ0n) is 15.7. The van der Waals surface area contributed by atoms with Gasteiger partial charge in [0.15, 0.2) is 0 Å². The van der Waals surface area contributed by atoms with E-state index >= 15 is 0 Å². The van der Waals surface area contributed by atoms with E-state index < -0.39 is 0 Å². The molecule has 0 saturated heterocycles. The predicted octanol–water partition coefficient (Wildman–Crippen LogP) is 3.12. The van der Waals surface area contributed by atoms with Gasteiger partial charge in [0.25, 0.3) is 0 Å². The highest BCUT2D eigenvalue weighted by Crippen LogP contribution is 2.30. The Kier molecular flexibility index (Phi) is 4.53. The second-order valence-corrected chi connectivity index (χ2v) is 6.44. The highest BCUT2D eigenvalue weighted by Gasteiger charge is 2.16. The lowest BCUT2D eigenvalue weighted by Crippen LogP contribution is -2.10. The van der Waals surface area contributed by atoms with Crippen LogP contribution in [-0.4, -0.2) is 40.5 Å². The topological polar surface area (TPSA) is 88.9 Å². The number of aryl methyl sites for hydroxylation is 2. The van der Waals surface area contributed by atoms with Gasteiger partial charge in [0.2, 0.25) is 5.95 Å². The third-order valence-corrected chi connectivity index (χ3v) is 4.49. The molecule has 0 amide bonds. The number of ether oxygens (including phenoxy) is 1. The number of nitrogens with one attached hydrogen (secondary N) is 3. The minimum atomic E-state index is 0.539. The van der Waals surface area contributed by atoms with Crippen molar-refractivity contribution in [2.45, 2.75) is 19.8 Å². The molecule has 8 nitrogen and oxygen atoms in total. The molecule has 3 N–H and O–H groups in total. The van der Waals surface area contributed by atoms with E-state index in [1.807, 2.05) is 49.1 Å². The molecule has 27 heavy (non-hydrogen) atoms. The molecule has 0 bridgehead atoms. The van der Waals surface area contributed by atoms with Crippen molar-refractivity contribution >= 4 is 23.1 Å². The van der Waals surface area contributed by atoms with Gasteiger partial charge in [0.1, 0.15) is 17.3 Å². The van der Waals surface area contributed by atoms with Gasteiger partial charge in [-0.05, 0) is 38.0 Å². The summed E-state index contributed by atoms with van der Waals surface area (Å²) in [5.74, 6) is 2.06. The monoisotopic (exact) mass is 365 g/mol.